The van der Waals surface area contributed by atoms with Gasteiger partial charge in [0.05, 0.1) is 20.4 Å². The number of hydrogen-bond donors (Lipinski definition) is 4. The van der Waals surface area contributed by atoms with E-state index in [4.69, 9.17) is 5.73 Å². The van der Waals surface area contributed by atoms with Crippen LogP contribution in [0.4, 0.5) is 11.4 Å². The van der Waals surface area contributed by atoms with Crippen LogP contribution in [0.2, 0.25) is 0 Å². The lowest BCUT2D eigenvalue weighted by molar-refractivity contribution is 0.475. The van der Waals surface area contributed by atoms with Gasteiger partial charge in [-0.25, -0.2) is 9.97 Å². The van der Waals surface area contributed by atoms with Crippen molar-refractivity contribution in [3.8, 4) is 11.5 Å². The molecule has 214 valence electrons. The highest BCUT2D eigenvalue weighted by Crippen LogP contribution is 2.27. The summed E-state index contributed by atoms with van der Waals surface area (Å²) >= 11 is 3.11. The molecule has 0 bridgehead atoms. The molecule has 43 heavy (non-hydrogen) atoms. The second kappa shape index (κ2) is 14.1. The van der Waals surface area contributed by atoms with Crippen LogP contribution in [-0.2, 0) is 0 Å². The summed E-state index contributed by atoms with van der Waals surface area (Å²) in [4.78, 5) is 8.98. The van der Waals surface area contributed by atoms with Crippen LogP contribution in [0.3, 0.4) is 0 Å². The molecule has 5 N–H and O–H groups in total. The molecule has 2 aromatic heterocycles. The van der Waals surface area contributed by atoms with E-state index in [9.17, 15) is 10.2 Å². The molecule has 0 unspecified atom stereocenters. The first-order chi connectivity index (χ1) is 20.9. The summed E-state index contributed by atoms with van der Waals surface area (Å²) in [6.45, 7) is 0. The number of nitrogens with zero attached hydrogens (tertiary/aromatic N) is 2. The lowest BCUT2D eigenvalue weighted by Crippen LogP contribution is -1.86. The van der Waals surface area contributed by atoms with Gasteiger partial charge in [0.2, 0.25) is 0 Å². The first-order valence-corrected chi connectivity index (χ1v) is 15.1. The van der Waals surface area contributed by atoms with E-state index < -0.39 is 0 Å². The average Bonchev–Trinajstić information content (AvgIpc) is 3.61. The highest BCUT2D eigenvalue weighted by atomic mass is 32.1. The topological polar surface area (TPSA) is 104 Å². The molecule has 0 radical (unpaired) electrons. The van der Waals surface area contributed by atoms with Gasteiger partial charge >= 0.3 is 0 Å². The second-order valence-electron chi connectivity index (χ2n) is 9.38. The Kier molecular flexibility index (Phi) is 9.63. The van der Waals surface area contributed by atoms with E-state index in [2.05, 4.69) is 33.5 Å². The first kappa shape index (κ1) is 29.3. The van der Waals surface area contributed by atoms with Crippen molar-refractivity contribution in [2.45, 2.75) is 0 Å². The number of rotatable bonds is 7. The molecule has 0 aliphatic rings. The fraction of sp³-hybridized carbons (Fsp3) is 0.0286. The fourth-order valence-corrected chi connectivity index (χ4v) is 5.81. The number of allylic oxidation sites excluding steroid dienone is 4. The Labute approximate surface area is 258 Å². The number of fused-ring (bicyclic) bond motifs is 2. The van der Waals surface area contributed by atoms with Gasteiger partial charge in [0.15, 0.2) is 0 Å². The number of nitrogens with one attached hydrogen (secondary N) is 1. The largest absolute Gasteiger partial charge is 0.508 e. The number of benzene rings is 4. The van der Waals surface area contributed by atoms with Gasteiger partial charge < -0.3 is 21.3 Å². The highest BCUT2D eigenvalue weighted by molar-refractivity contribution is 7.19. The van der Waals surface area contributed by atoms with Crippen molar-refractivity contribution in [1.29, 1.82) is 0 Å². The minimum atomic E-state index is 0.268. The molecule has 2 heterocycles. The maximum atomic E-state index is 9.46. The maximum Gasteiger partial charge on any atom is 0.117 e. The Morgan fingerprint density at radius 3 is 1.51 bits per heavy atom. The van der Waals surface area contributed by atoms with Crippen LogP contribution < -0.4 is 11.1 Å². The van der Waals surface area contributed by atoms with Crippen LogP contribution in [-0.4, -0.2) is 27.2 Å². The van der Waals surface area contributed by atoms with E-state index in [0.29, 0.717) is 0 Å². The van der Waals surface area contributed by atoms with Crippen LogP contribution in [0, 0.1) is 0 Å². The van der Waals surface area contributed by atoms with Gasteiger partial charge in [0.1, 0.15) is 21.5 Å². The van der Waals surface area contributed by atoms with Gasteiger partial charge in [0, 0.05) is 18.4 Å². The Morgan fingerprint density at radius 1 is 0.605 bits per heavy atom. The summed E-state index contributed by atoms with van der Waals surface area (Å²) in [6.07, 6.45) is 15.9. The summed E-state index contributed by atoms with van der Waals surface area (Å²) in [5.74, 6) is 0.543. The molecule has 8 heteroatoms. The standard InChI is InChI=1S/C18H16N2OS.C17H14N2OS/c1-19-14-8-6-13(7-9-14)4-2-3-5-18-20-16-11-10-15(21)12-17(16)22-18;18-13-7-5-12(6-8-13)3-1-2-4-17-19-15-10-9-14(20)11-16(15)21-17/h2-12,19,21H,1H3;1-11,20H,18H2/b4-2+,5-3+;3-1+,4-2+/i1-1;. The van der Waals surface area contributed by atoms with Crippen molar-refractivity contribution in [1.82, 2.24) is 9.97 Å². The summed E-state index contributed by atoms with van der Waals surface area (Å²) in [5.41, 5.74) is 11.6. The van der Waals surface area contributed by atoms with Crippen LogP contribution >= 0.6 is 22.7 Å². The van der Waals surface area contributed by atoms with E-state index in [1.165, 1.54) is 0 Å². The second-order valence-corrected chi connectivity index (χ2v) is 11.5. The molecule has 4 aromatic carbocycles. The van der Waals surface area contributed by atoms with Gasteiger partial charge in [-0.05, 0) is 83.9 Å². The monoisotopic (exact) mass is 601 g/mol. The Hall–Kier alpha value is -5.18. The van der Waals surface area contributed by atoms with E-state index in [1.54, 1.807) is 46.9 Å². The van der Waals surface area contributed by atoms with E-state index in [1.807, 2.05) is 98.1 Å². The Balaban J connectivity index is 0.000000171. The number of phenolic OH excluding ortho intramolecular Hbond substituents is 2. The number of nitrogens with two attached hydrogens (primary N) is 1. The number of thiazole rings is 2. The number of aromatic nitrogens is 2. The summed E-state index contributed by atoms with van der Waals surface area (Å²) in [5, 5.41) is 23.8. The molecule has 0 fully saturated rings. The first-order valence-electron chi connectivity index (χ1n) is 13.5. The normalized spacial score (nSPS) is 11.7. The third-order valence-corrected chi connectivity index (χ3v) is 8.16. The summed E-state index contributed by atoms with van der Waals surface area (Å²) in [6, 6.07) is 26.4. The maximum absolute atomic E-state index is 9.46. The van der Waals surface area contributed by atoms with Gasteiger partial charge in [0.25, 0.3) is 0 Å². The molecule has 0 spiro atoms. The lowest BCUT2D eigenvalue weighted by Gasteiger charge is -1.98. The highest BCUT2D eigenvalue weighted by Gasteiger charge is 2.02. The number of aromatic hydroxyl groups is 2. The van der Waals surface area contributed by atoms with Crippen LogP contribution in [0.1, 0.15) is 21.1 Å². The average molecular weight is 602 g/mol. The van der Waals surface area contributed by atoms with Gasteiger partial charge in [-0.1, -0.05) is 60.7 Å². The zero-order chi connectivity index (χ0) is 30.0. The van der Waals surface area contributed by atoms with Crippen LogP contribution in [0.25, 0.3) is 44.7 Å². The minimum absolute atomic E-state index is 0.268. The Morgan fingerprint density at radius 2 is 1.05 bits per heavy atom. The summed E-state index contributed by atoms with van der Waals surface area (Å²) < 4.78 is 1.98. The third-order valence-electron chi connectivity index (χ3n) is 6.19. The quantitative estimate of drug-likeness (QED) is 0.107. The predicted octanol–water partition coefficient (Wildman–Crippen LogP) is 9.08. The fourth-order valence-electron chi connectivity index (χ4n) is 3.98. The number of phenols is 2. The molecule has 6 rings (SSSR count). The molecule has 6 aromatic rings. The SMILES string of the molecule is Nc1ccc(/C=C/C=C/c2nc3ccc(O)cc3s2)cc1.[11CH3]Nc1ccc(/C=C/C=C/c2nc3ccc(O)cc3s2)cc1. The van der Waals surface area contributed by atoms with Gasteiger partial charge in [-0.3, -0.25) is 0 Å². The predicted molar refractivity (Wildman–Crippen MR) is 186 cm³/mol. The molecule has 0 saturated heterocycles. The molecule has 0 amide bonds. The van der Waals surface area contributed by atoms with E-state index >= 15 is 0 Å². The molecule has 0 atom stereocenters. The van der Waals surface area contributed by atoms with Crippen LogP contribution in [0.15, 0.2) is 109 Å². The molecular weight excluding hydrogens is 572 g/mol. The third kappa shape index (κ3) is 8.42. The van der Waals surface area contributed by atoms with Gasteiger partial charge in [-0.15, -0.1) is 22.7 Å². The van der Waals surface area contributed by atoms with Gasteiger partial charge in [-0.2, -0.15) is 0 Å². The Bertz CT molecular complexity index is 1930. The minimum Gasteiger partial charge on any atom is -0.508 e. The molecule has 0 saturated carbocycles. The zero-order valence-corrected chi connectivity index (χ0v) is 25.0. The smallest absolute Gasteiger partial charge is 0.117 e. The van der Waals surface area contributed by atoms with Crippen molar-refractivity contribution in [2.75, 3.05) is 18.1 Å². The van der Waals surface area contributed by atoms with Crippen molar-refractivity contribution >= 4 is 78.8 Å². The van der Waals surface area contributed by atoms with Crippen molar-refractivity contribution in [2.24, 2.45) is 0 Å². The molecule has 0 aliphatic carbocycles. The van der Waals surface area contributed by atoms with Crippen LogP contribution in [0.5, 0.6) is 11.5 Å². The van der Waals surface area contributed by atoms with Crippen molar-refractivity contribution < 1.29 is 10.2 Å². The number of anilines is 2. The van der Waals surface area contributed by atoms with E-state index in [-0.39, 0.29) is 11.5 Å². The van der Waals surface area contributed by atoms with Crippen molar-refractivity contribution in [3.63, 3.8) is 0 Å². The molecule has 0 aliphatic heterocycles. The molecule has 6 nitrogen and oxygen atoms in total. The molecular formula is C35H30N4O2S2. The number of nitrogen functional groups attached to an aromatic ring is 1. The number of hydrogen-bond acceptors (Lipinski definition) is 8. The zero-order valence-electron chi connectivity index (χ0n) is 23.4. The lowest BCUT2D eigenvalue weighted by atomic mass is 10.2. The summed E-state index contributed by atoms with van der Waals surface area (Å²) in [7, 11) is 1.91. The van der Waals surface area contributed by atoms with E-state index in [0.717, 1.165) is 53.0 Å². The van der Waals surface area contributed by atoms with Crippen molar-refractivity contribution in [3.05, 3.63) is 130 Å².